The molecule has 2 aromatic rings. The van der Waals surface area contributed by atoms with E-state index in [0.717, 1.165) is 16.9 Å². The van der Waals surface area contributed by atoms with Gasteiger partial charge in [0, 0.05) is 9.90 Å². The van der Waals surface area contributed by atoms with Gasteiger partial charge in [0.15, 0.2) is 6.61 Å². The van der Waals surface area contributed by atoms with Gasteiger partial charge in [-0.3, -0.25) is 4.79 Å². The number of hydrogen-bond acceptors (Lipinski definition) is 5. The van der Waals surface area contributed by atoms with Gasteiger partial charge in [0.1, 0.15) is 10.8 Å². The molecule has 0 saturated heterocycles. The van der Waals surface area contributed by atoms with Crippen molar-refractivity contribution in [2.45, 2.75) is 27.2 Å². The highest BCUT2D eigenvalue weighted by Gasteiger charge is 2.19. The summed E-state index contributed by atoms with van der Waals surface area (Å²) < 4.78 is 10.6. The molecule has 0 bridgehead atoms. The van der Waals surface area contributed by atoms with Crippen molar-refractivity contribution in [2.75, 3.05) is 18.5 Å². The molecular weight excluding hydrogens is 362 g/mol. The maximum atomic E-state index is 12.2. The van der Waals surface area contributed by atoms with Crippen LogP contribution in [0.2, 0.25) is 5.02 Å². The van der Waals surface area contributed by atoms with Crippen LogP contribution >= 0.6 is 22.9 Å². The number of carbonyl (C=O) groups excluding carboxylic acids is 2. The molecule has 0 aliphatic rings. The third kappa shape index (κ3) is 5.21. The Morgan fingerprint density at radius 3 is 2.64 bits per heavy atom. The van der Waals surface area contributed by atoms with Gasteiger partial charge in [-0.1, -0.05) is 18.5 Å². The standard InChI is InChI=1S/C18H20ClNO4S/c1-4-13-9-14(18(22)23-5-2)17(25-13)20-16(21)10-24-15-7-6-12(19)8-11(15)3/h6-9H,4-5,10H2,1-3H3,(H,20,21). The first-order valence-electron chi connectivity index (χ1n) is 7.93. The molecule has 0 aliphatic heterocycles. The molecule has 0 fully saturated rings. The molecular formula is C18H20ClNO4S. The van der Waals surface area contributed by atoms with E-state index in [2.05, 4.69) is 5.32 Å². The summed E-state index contributed by atoms with van der Waals surface area (Å²) in [4.78, 5) is 25.2. The summed E-state index contributed by atoms with van der Waals surface area (Å²) >= 11 is 7.26. The third-order valence-electron chi connectivity index (χ3n) is 3.38. The quantitative estimate of drug-likeness (QED) is 0.719. The Kier molecular flexibility index (Phi) is 6.84. The van der Waals surface area contributed by atoms with Crippen LogP contribution in [-0.4, -0.2) is 25.1 Å². The summed E-state index contributed by atoms with van der Waals surface area (Å²) in [6.45, 7) is 5.70. The molecule has 1 N–H and O–H groups in total. The van der Waals surface area contributed by atoms with Gasteiger partial charge >= 0.3 is 5.97 Å². The van der Waals surface area contributed by atoms with Crippen LogP contribution in [0, 0.1) is 6.92 Å². The van der Waals surface area contributed by atoms with Crippen LogP contribution in [0.5, 0.6) is 5.75 Å². The second-order valence-corrected chi connectivity index (χ2v) is 6.85. The summed E-state index contributed by atoms with van der Waals surface area (Å²) in [5, 5.41) is 3.83. The number of halogens is 1. The van der Waals surface area contributed by atoms with E-state index in [0.29, 0.717) is 21.3 Å². The lowest BCUT2D eigenvalue weighted by Crippen LogP contribution is -2.21. The Balaban J connectivity index is 2.04. The average Bonchev–Trinajstić information content (AvgIpc) is 2.97. The molecule has 0 spiro atoms. The van der Waals surface area contributed by atoms with Gasteiger partial charge in [0.05, 0.1) is 12.2 Å². The topological polar surface area (TPSA) is 64.6 Å². The lowest BCUT2D eigenvalue weighted by Gasteiger charge is -2.10. The van der Waals surface area contributed by atoms with Crippen LogP contribution < -0.4 is 10.1 Å². The van der Waals surface area contributed by atoms with Crippen molar-refractivity contribution in [1.29, 1.82) is 0 Å². The average molecular weight is 382 g/mol. The number of rotatable bonds is 7. The molecule has 0 aliphatic carbocycles. The lowest BCUT2D eigenvalue weighted by molar-refractivity contribution is -0.118. The van der Waals surface area contributed by atoms with Gasteiger partial charge in [-0.2, -0.15) is 0 Å². The number of hydrogen-bond donors (Lipinski definition) is 1. The fourth-order valence-corrected chi connectivity index (χ4v) is 3.38. The number of anilines is 1. The summed E-state index contributed by atoms with van der Waals surface area (Å²) in [7, 11) is 0. The molecule has 1 aromatic heterocycles. The van der Waals surface area contributed by atoms with Crippen molar-refractivity contribution >= 4 is 39.8 Å². The Morgan fingerprint density at radius 2 is 2.00 bits per heavy atom. The minimum Gasteiger partial charge on any atom is -0.483 e. The van der Waals surface area contributed by atoms with E-state index in [1.165, 1.54) is 11.3 Å². The van der Waals surface area contributed by atoms with Crippen molar-refractivity contribution < 1.29 is 19.1 Å². The van der Waals surface area contributed by atoms with E-state index < -0.39 is 5.97 Å². The first-order valence-corrected chi connectivity index (χ1v) is 9.12. The third-order valence-corrected chi connectivity index (χ3v) is 4.81. The largest absolute Gasteiger partial charge is 0.483 e. The molecule has 0 atom stereocenters. The van der Waals surface area contributed by atoms with Crippen LogP contribution in [0.25, 0.3) is 0 Å². The van der Waals surface area contributed by atoms with Crippen molar-refractivity contribution in [3.05, 3.63) is 45.3 Å². The molecule has 1 amide bonds. The fraction of sp³-hybridized carbons (Fsp3) is 0.333. The van der Waals surface area contributed by atoms with Gasteiger partial charge in [-0.05, 0) is 50.1 Å². The van der Waals surface area contributed by atoms with Gasteiger partial charge in [-0.25, -0.2) is 4.79 Å². The maximum absolute atomic E-state index is 12.2. The zero-order valence-corrected chi connectivity index (χ0v) is 15.9. The smallest absolute Gasteiger partial charge is 0.341 e. The number of nitrogens with one attached hydrogen (secondary N) is 1. The molecule has 0 radical (unpaired) electrons. The van der Waals surface area contributed by atoms with Crippen LogP contribution in [-0.2, 0) is 16.0 Å². The molecule has 5 nitrogen and oxygen atoms in total. The Morgan fingerprint density at radius 1 is 1.24 bits per heavy atom. The van der Waals surface area contributed by atoms with E-state index in [1.54, 1.807) is 31.2 Å². The molecule has 1 heterocycles. The molecule has 0 unspecified atom stereocenters. The van der Waals surface area contributed by atoms with Crippen molar-refractivity contribution in [1.82, 2.24) is 0 Å². The second-order valence-electron chi connectivity index (χ2n) is 5.28. The van der Waals surface area contributed by atoms with Crippen LogP contribution in [0.1, 0.15) is 34.6 Å². The zero-order chi connectivity index (χ0) is 18.4. The molecule has 1 aromatic carbocycles. The number of esters is 1. The first kappa shape index (κ1) is 19.3. The monoisotopic (exact) mass is 381 g/mol. The number of aryl methyl sites for hydroxylation is 2. The highest BCUT2D eigenvalue weighted by atomic mass is 35.5. The maximum Gasteiger partial charge on any atom is 0.341 e. The number of amides is 1. The summed E-state index contributed by atoms with van der Waals surface area (Å²) in [6.07, 6.45) is 0.771. The molecule has 7 heteroatoms. The van der Waals surface area contributed by atoms with Gasteiger partial charge in [-0.15, -0.1) is 11.3 Å². The van der Waals surface area contributed by atoms with Crippen molar-refractivity contribution in [2.24, 2.45) is 0 Å². The number of benzene rings is 1. The van der Waals surface area contributed by atoms with E-state index >= 15 is 0 Å². The molecule has 0 saturated carbocycles. The predicted octanol–water partition coefficient (Wildman–Crippen LogP) is 4.47. The van der Waals surface area contributed by atoms with Crippen LogP contribution in [0.3, 0.4) is 0 Å². The normalized spacial score (nSPS) is 10.4. The number of carbonyl (C=O) groups is 2. The summed E-state index contributed by atoms with van der Waals surface area (Å²) in [5.74, 6) is -0.196. The SMILES string of the molecule is CCOC(=O)c1cc(CC)sc1NC(=O)COc1ccc(Cl)cc1C. The summed E-state index contributed by atoms with van der Waals surface area (Å²) in [6, 6.07) is 6.94. The van der Waals surface area contributed by atoms with Crippen molar-refractivity contribution in [3.63, 3.8) is 0 Å². The second kappa shape index (κ2) is 8.87. The summed E-state index contributed by atoms with van der Waals surface area (Å²) in [5.41, 5.74) is 1.22. The predicted molar refractivity (Wildman–Crippen MR) is 100.0 cm³/mol. The molecule has 2 rings (SSSR count). The molecule has 25 heavy (non-hydrogen) atoms. The number of thiophene rings is 1. The Bertz CT molecular complexity index is 772. The zero-order valence-electron chi connectivity index (χ0n) is 14.3. The van der Waals surface area contributed by atoms with E-state index in [4.69, 9.17) is 21.1 Å². The van der Waals surface area contributed by atoms with Crippen molar-refractivity contribution in [3.8, 4) is 5.75 Å². The highest BCUT2D eigenvalue weighted by Crippen LogP contribution is 2.29. The minimum atomic E-state index is -0.441. The first-order chi connectivity index (χ1) is 11.9. The molecule has 134 valence electrons. The Hall–Kier alpha value is -2.05. The Labute approximate surface area is 155 Å². The van der Waals surface area contributed by atoms with E-state index in [-0.39, 0.29) is 19.1 Å². The number of ether oxygens (including phenoxy) is 2. The van der Waals surface area contributed by atoms with Gasteiger partial charge in [0.25, 0.3) is 5.91 Å². The minimum absolute atomic E-state index is 0.163. The van der Waals surface area contributed by atoms with Gasteiger partial charge in [0.2, 0.25) is 0 Å². The van der Waals surface area contributed by atoms with Crippen LogP contribution in [0.4, 0.5) is 5.00 Å². The van der Waals surface area contributed by atoms with E-state index in [1.807, 2.05) is 13.8 Å². The van der Waals surface area contributed by atoms with Crippen LogP contribution in [0.15, 0.2) is 24.3 Å². The van der Waals surface area contributed by atoms with Gasteiger partial charge < -0.3 is 14.8 Å². The lowest BCUT2D eigenvalue weighted by atomic mass is 10.2. The fourth-order valence-electron chi connectivity index (χ4n) is 2.15. The van der Waals surface area contributed by atoms with E-state index in [9.17, 15) is 9.59 Å². The highest BCUT2D eigenvalue weighted by molar-refractivity contribution is 7.16.